The van der Waals surface area contributed by atoms with E-state index in [0.717, 1.165) is 11.4 Å². The summed E-state index contributed by atoms with van der Waals surface area (Å²) in [5.74, 6) is 0.873. The van der Waals surface area contributed by atoms with Crippen LogP contribution in [0.15, 0.2) is 55.1 Å². The minimum Gasteiger partial charge on any atom is -0.497 e. The van der Waals surface area contributed by atoms with Crippen molar-refractivity contribution in [3.63, 3.8) is 0 Å². The molecule has 0 unspecified atom stereocenters. The Morgan fingerprint density at radius 2 is 1.71 bits per heavy atom. The van der Waals surface area contributed by atoms with E-state index in [1.807, 2.05) is 12.1 Å². The van der Waals surface area contributed by atoms with E-state index in [2.05, 4.69) is 72.7 Å². The Hall–Kier alpha value is -2.29. The molecule has 0 aliphatic carbocycles. The van der Waals surface area contributed by atoms with Gasteiger partial charge in [-0.3, -0.25) is 0 Å². The van der Waals surface area contributed by atoms with Gasteiger partial charge in [0.15, 0.2) is 5.52 Å². The SMILES string of the molecule is COc1ccc(-[n+]2cc3ccc(C(C)(C)C)cn3c2)cc1. The largest absolute Gasteiger partial charge is 0.497 e. The highest BCUT2D eigenvalue weighted by Gasteiger charge is 2.17. The van der Waals surface area contributed by atoms with Gasteiger partial charge < -0.3 is 4.74 Å². The molecule has 0 radical (unpaired) electrons. The second kappa shape index (κ2) is 4.92. The number of benzene rings is 1. The highest BCUT2D eigenvalue weighted by atomic mass is 16.5. The van der Waals surface area contributed by atoms with E-state index in [4.69, 9.17) is 4.74 Å². The monoisotopic (exact) mass is 281 g/mol. The predicted molar refractivity (Wildman–Crippen MR) is 84.2 cm³/mol. The van der Waals surface area contributed by atoms with Crippen LogP contribution in [-0.4, -0.2) is 11.5 Å². The van der Waals surface area contributed by atoms with Crippen molar-refractivity contribution < 1.29 is 9.30 Å². The minimum absolute atomic E-state index is 0.156. The van der Waals surface area contributed by atoms with Crippen LogP contribution < -0.4 is 9.30 Å². The van der Waals surface area contributed by atoms with E-state index in [1.165, 1.54) is 11.1 Å². The van der Waals surface area contributed by atoms with Gasteiger partial charge in [0, 0.05) is 0 Å². The third-order valence-corrected chi connectivity index (χ3v) is 3.77. The van der Waals surface area contributed by atoms with Crippen molar-refractivity contribution in [1.82, 2.24) is 4.40 Å². The third-order valence-electron chi connectivity index (χ3n) is 3.77. The molecular formula is C18H21N2O+. The first-order valence-corrected chi connectivity index (χ1v) is 7.15. The number of pyridine rings is 1. The summed E-state index contributed by atoms with van der Waals surface area (Å²) in [6, 6.07) is 12.4. The molecule has 0 saturated carbocycles. The number of hydrogen-bond acceptors (Lipinski definition) is 1. The van der Waals surface area contributed by atoms with Crippen LogP contribution in [0.3, 0.4) is 0 Å². The van der Waals surface area contributed by atoms with Crippen LogP contribution in [0.5, 0.6) is 5.75 Å². The van der Waals surface area contributed by atoms with Crippen LogP contribution in [-0.2, 0) is 5.41 Å². The number of ether oxygens (including phenoxy) is 1. The maximum Gasteiger partial charge on any atom is 0.254 e. The van der Waals surface area contributed by atoms with Crippen molar-refractivity contribution in [2.75, 3.05) is 7.11 Å². The Labute approximate surface area is 125 Å². The Balaban J connectivity index is 2.04. The topological polar surface area (TPSA) is 17.5 Å². The molecule has 0 amide bonds. The third kappa shape index (κ3) is 2.64. The number of nitrogens with zero attached hydrogens (tertiary/aromatic N) is 2. The summed E-state index contributed by atoms with van der Waals surface area (Å²) in [6.45, 7) is 6.69. The average molecular weight is 281 g/mol. The molecule has 3 aromatic rings. The van der Waals surface area contributed by atoms with Gasteiger partial charge in [-0.1, -0.05) is 26.8 Å². The van der Waals surface area contributed by atoms with Crippen LogP contribution in [0.4, 0.5) is 0 Å². The maximum absolute atomic E-state index is 5.20. The van der Waals surface area contributed by atoms with E-state index in [0.29, 0.717) is 0 Å². The Kier molecular flexibility index (Phi) is 3.20. The first-order chi connectivity index (χ1) is 9.97. The lowest BCUT2D eigenvalue weighted by atomic mass is 9.88. The zero-order chi connectivity index (χ0) is 15.0. The van der Waals surface area contributed by atoms with Crippen LogP contribution >= 0.6 is 0 Å². The number of aromatic nitrogens is 2. The number of methoxy groups -OCH3 is 1. The van der Waals surface area contributed by atoms with Gasteiger partial charge in [-0.15, -0.1) is 0 Å². The second-order valence-corrected chi connectivity index (χ2v) is 6.35. The molecule has 0 fully saturated rings. The van der Waals surface area contributed by atoms with Crippen LogP contribution in [0.2, 0.25) is 0 Å². The molecule has 3 nitrogen and oxygen atoms in total. The normalized spacial score (nSPS) is 11.8. The number of rotatable bonds is 2. The van der Waals surface area contributed by atoms with Crippen molar-refractivity contribution in [1.29, 1.82) is 0 Å². The zero-order valence-corrected chi connectivity index (χ0v) is 13.0. The van der Waals surface area contributed by atoms with E-state index in [9.17, 15) is 0 Å². The number of fused-ring (bicyclic) bond motifs is 1. The van der Waals surface area contributed by atoms with Crippen LogP contribution in [0.1, 0.15) is 26.3 Å². The summed E-state index contributed by atoms with van der Waals surface area (Å²) >= 11 is 0. The molecule has 108 valence electrons. The van der Waals surface area contributed by atoms with E-state index < -0.39 is 0 Å². The summed E-state index contributed by atoms with van der Waals surface area (Å²) < 4.78 is 9.50. The van der Waals surface area contributed by atoms with E-state index >= 15 is 0 Å². The van der Waals surface area contributed by atoms with Crippen molar-refractivity contribution in [2.24, 2.45) is 0 Å². The van der Waals surface area contributed by atoms with Gasteiger partial charge in [0.25, 0.3) is 6.33 Å². The molecule has 0 spiro atoms. The van der Waals surface area contributed by atoms with E-state index in [1.54, 1.807) is 7.11 Å². The van der Waals surface area contributed by atoms with Gasteiger partial charge >= 0.3 is 0 Å². The Morgan fingerprint density at radius 3 is 2.33 bits per heavy atom. The molecule has 0 aliphatic heterocycles. The van der Waals surface area contributed by atoms with Crippen molar-refractivity contribution in [3.05, 3.63) is 60.7 Å². The summed E-state index contributed by atoms with van der Waals surface area (Å²) in [5.41, 5.74) is 3.78. The molecule has 0 aliphatic rings. The number of hydrogen-bond donors (Lipinski definition) is 0. The van der Waals surface area contributed by atoms with Gasteiger partial charge in [0.05, 0.1) is 13.3 Å². The summed E-state index contributed by atoms with van der Waals surface area (Å²) in [5, 5.41) is 0. The average Bonchev–Trinajstić information content (AvgIpc) is 2.89. The molecule has 3 rings (SSSR count). The summed E-state index contributed by atoms with van der Waals surface area (Å²) in [4.78, 5) is 0. The fourth-order valence-electron chi connectivity index (χ4n) is 2.39. The van der Waals surface area contributed by atoms with Gasteiger partial charge in [0.2, 0.25) is 0 Å². The highest BCUT2D eigenvalue weighted by molar-refractivity contribution is 5.45. The molecule has 3 heteroatoms. The van der Waals surface area contributed by atoms with Crippen molar-refractivity contribution in [3.8, 4) is 11.4 Å². The van der Waals surface area contributed by atoms with E-state index in [-0.39, 0.29) is 5.41 Å². The van der Waals surface area contributed by atoms with Gasteiger partial charge in [-0.05, 0) is 41.3 Å². The fraction of sp³-hybridized carbons (Fsp3) is 0.278. The zero-order valence-electron chi connectivity index (χ0n) is 13.0. The van der Waals surface area contributed by atoms with Crippen molar-refractivity contribution in [2.45, 2.75) is 26.2 Å². The van der Waals surface area contributed by atoms with Crippen molar-refractivity contribution >= 4 is 5.52 Å². The second-order valence-electron chi connectivity index (χ2n) is 6.35. The predicted octanol–water partition coefficient (Wildman–Crippen LogP) is 3.52. The fourth-order valence-corrected chi connectivity index (χ4v) is 2.39. The first kappa shape index (κ1) is 13.7. The smallest absolute Gasteiger partial charge is 0.254 e. The lowest BCUT2D eigenvalue weighted by Crippen LogP contribution is -2.26. The molecule has 2 heterocycles. The minimum atomic E-state index is 0.156. The summed E-state index contributed by atoms with van der Waals surface area (Å²) in [7, 11) is 1.68. The highest BCUT2D eigenvalue weighted by Crippen LogP contribution is 2.22. The maximum atomic E-state index is 5.20. The van der Waals surface area contributed by atoms with Gasteiger partial charge in [-0.2, -0.15) is 0 Å². The number of imidazole rings is 1. The molecule has 0 atom stereocenters. The lowest BCUT2D eigenvalue weighted by Gasteiger charge is -2.17. The molecule has 0 saturated heterocycles. The summed E-state index contributed by atoms with van der Waals surface area (Å²) in [6.07, 6.45) is 6.44. The molecular weight excluding hydrogens is 260 g/mol. The quantitative estimate of drug-likeness (QED) is 0.657. The Morgan fingerprint density at radius 1 is 1.00 bits per heavy atom. The van der Waals surface area contributed by atoms with Gasteiger partial charge in [-0.25, -0.2) is 8.97 Å². The lowest BCUT2D eigenvalue weighted by molar-refractivity contribution is -0.594. The van der Waals surface area contributed by atoms with Crippen LogP contribution in [0, 0.1) is 0 Å². The molecule has 2 aromatic heterocycles. The van der Waals surface area contributed by atoms with Crippen LogP contribution in [0.25, 0.3) is 11.2 Å². The molecule has 0 bridgehead atoms. The first-order valence-electron chi connectivity index (χ1n) is 7.15. The standard InChI is InChI=1S/C18H21N2O/c1-18(2,3)14-5-6-16-12-20(13-19(16)11-14)15-7-9-17(21-4)10-8-15/h5-13H,1-4H3/q+1. The molecule has 0 N–H and O–H groups in total. The Bertz CT molecular complexity index is 764. The molecule has 1 aromatic carbocycles. The van der Waals surface area contributed by atoms with Gasteiger partial charge in [0.1, 0.15) is 17.6 Å². The molecule has 21 heavy (non-hydrogen) atoms.